The second-order valence-electron chi connectivity index (χ2n) is 11.0. The molecule has 236 valence electrons. The van der Waals surface area contributed by atoms with E-state index in [1.165, 1.54) is 41.3 Å². The average molecular weight is 650 g/mol. The van der Waals surface area contributed by atoms with Gasteiger partial charge in [0.05, 0.1) is 10.6 Å². The minimum atomic E-state index is -4.23. The van der Waals surface area contributed by atoms with Gasteiger partial charge in [-0.1, -0.05) is 78.7 Å². The van der Waals surface area contributed by atoms with Crippen molar-refractivity contribution in [2.75, 3.05) is 10.8 Å². The minimum Gasteiger partial charge on any atom is -0.352 e. The third-order valence-electron chi connectivity index (χ3n) is 7.54. The van der Waals surface area contributed by atoms with Crippen molar-refractivity contribution in [3.05, 3.63) is 131 Å². The van der Waals surface area contributed by atoms with Crippen LogP contribution in [0.5, 0.6) is 0 Å². The normalized spacial score (nSPS) is 12.6. The lowest BCUT2D eigenvalue weighted by Crippen LogP contribution is -2.54. The second kappa shape index (κ2) is 15.2. The van der Waals surface area contributed by atoms with Crippen LogP contribution in [-0.4, -0.2) is 43.8 Å². The van der Waals surface area contributed by atoms with Crippen LogP contribution < -0.4 is 9.62 Å². The maximum absolute atomic E-state index is 14.4. The van der Waals surface area contributed by atoms with Gasteiger partial charge in [-0.2, -0.15) is 0 Å². The Morgan fingerprint density at radius 3 is 2.09 bits per heavy atom. The summed E-state index contributed by atoms with van der Waals surface area (Å²) in [7, 11) is -4.23. The summed E-state index contributed by atoms with van der Waals surface area (Å²) >= 11 is 6.12. The van der Waals surface area contributed by atoms with Crippen LogP contribution in [0.1, 0.15) is 37.0 Å². The number of amides is 2. The van der Waals surface area contributed by atoms with Crippen LogP contribution in [0.4, 0.5) is 10.1 Å². The molecular formula is C35H37ClFN3O4S. The number of aryl methyl sites for hydroxylation is 1. The number of sulfonamides is 1. The average Bonchev–Trinajstić information content (AvgIpc) is 3.03. The molecule has 0 aromatic heterocycles. The molecular weight excluding hydrogens is 613 g/mol. The van der Waals surface area contributed by atoms with Gasteiger partial charge in [-0.15, -0.1) is 0 Å². The molecule has 0 aliphatic heterocycles. The molecule has 0 aliphatic carbocycles. The van der Waals surface area contributed by atoms with Crippen LogP contribution in [0, 0.1) is 12.7 Å². The van der Waals surface area contributed by atoms with Gasteiger partial charge in [0.15, 0.2) is 0 Å². The highest BCUT2D eigenvalue weighted by molar-refractivity contribution is 7.92. The van der Waals surface area contributed by atoms with E-state index in [0.29, 0.717) is 17.0 Å². The summed E-state index contributed by atoms with van der Waals surface area (Å²) in [6, 6.07) is 26.3. The number of hydrogen-bond acceptors (Lipinski definition) is 4. The molecule has 10 heteroatoms. The first-order valence-electron chi connectivity index (χ1n) is 14.7. The number of halogens is 2. The van der Waals surface area contributed by atoms with Crippen molar-refractivity contribution in [3.8, 4) is 0 Å². The largest absolute Gasteiger partial charge is 0.352 e. The summed E-state index contributed by atoms with van der Waals surface area (Å²) in [4.78, 5) is 29.7. The fraction of sp³-hybridized carbons (Fsp3) is 0.257. The highest BCUT2D eigenvalue weighted by Crippen LogP contribution is 2.27. The SMILES string of the molecule is CC[C@@H](C)NC(=O)[C@@H](Cc1ccccc1)N(Cc1ccc(F)cc1)C(=O)CN(c1ccc(Cl)cc1)S(=O)(=O)c1ccc(C)cc1. The Kier molecular flexibility index (Phi) is 11.4. The van der Waals surface area contributed by atoms with Gasteiger partial charge in [0.25, 0.3) is 10.0 Å². The molecule has 0 spiro atoms. The van der Waals surface area contributed by atoms with Crippen molar-refractivity contribution in [3.63, 3.8) is 0 Å². The zero-order valence-corrected chi connectivity index (χ0v) is 27.1. The number of nitrogens with zero attached hydrogens (tertiary/aromatic N) is 2. The van der Waals surface area contributed by atoms with E-state index in [1.807, 2.05) is 51.1 Å². The van der Waals surface area contributed by atoms with Crippen LogP contribution in [0.25, 0.3) is 0 Å². The van der Waals surface area contributed by atoms with E-state index < -0.39 is 34.3 Å². The van der Waals surface area contributed by atoms with Crippen LogP contribution in [0.3, 0.4) is 0 Å². The summed E-state index contributed by atoms with van der Waals surface area (Å²) in [5, 5.41) is 3.40. The van der Waals surface area contributed by atoms with Crippen LogP contribution in [0.2, 0.25) is 5.02 Å². The monoisotopic (exact) mass is 649 g/mol. The molecule has 1 N–H and O–H groups in total. The van der Waals surface area contributed by atoms with Gasteiger partial charge >= 0.3 is 0 Å². The Balaban J connectivity index is 1.80. The third-order valence-corrected chi connectivity index (χ3v) is 9.58. The first-order chi connectivity index (χ1) is 21.5. The van der Waals surface area contributed by atoms with E-state index in [0.717, 1.165) is 15.4 Å². The number of anilines is 1. The van der Waals surface area contributed by atoms with Crippen molar-refractivity contribution in [1.29, 1.82) is 0 Å². The molecule has 0 unspecified atom stereocenters. The standard InChI is InChI=1S/C35H37ClFN3O4S/c1-4-26(3)38-35(42)33(22-27-8-6-5-7-9-27)39(23-28-12-16-30(37)17-13-28)34(41)24-40(31-18-14-29(36)15-19-31)45(43,44)32-20-10-25(2)11-21-32/h5-21,26,33H,4,22-24H2,1-3H3,(H,38,42)/t26-,33-/m1/s1. The smallest absolute Gasteiger partial charge is 0.264 e. The molecule has 0 bridgehead atoms. The van der Waals surface area contributed by atoms with E-state index in [9.17, 15) is 22.4 Å². The highest BCUT2D eigenvalue weighted by atomic mass is 35.5. The number of rotatable bonds is 13. The molecule has 0 fully saturated rings. The van der Waals surface area contributed by atoms with Crippen molar-refractivity contribution in [2.45, 2.75) is 57.1 Å². The summed E-state index contributed by atoms with van der Waals surface area (Å²) in [6.45, 7) is 5.02. The lowest BCUT2D eigenvalue weighted by atomic mass is 10.0. The molecule has 0 radical (unpaired) electrons. The molecule has 7 nitrogen and oxygen atoms in total. The van der Waals surface area contributed by atoms with E-state index in [-0.39, 0.29) is 35.5 Å². The number of hydrogen-bond donors (Lipinski definition) is 1. The molecule has 2 atom stereocenters. The zero-order chi connectivity index (χ0) is 32.6. The maximum atomic E-state index is 14.4. The molecule has 0 saturated carbocycles. The van der Waals surface area contributed by atoms with Gasteiger partial charge in [0, 0.05) is 24.0 Å². The predicted octanol–water partition coefficient (Wildman–Crippen LogP) is 6.54. The van der Waals surface area contributed by atoms with Crippen molar-refractivity contribution in [2.24, 2.45) is 0 Å². The van der Waals surface area contributed by atoms with Gasteiger partial charge in [-0.05, 0) is 79.9 Å². The first kappa shape index (κ1) is 33.7. The Morgan fingerprint density at radius 1 is 0.867 bits per heavy atom. The van der Waals surface area contributed by atoms with Crippen LogP contribution >= 0.6 is 11.6 Å². The fourth-order valence-electron chi connectivity index (χ4n) is 4.76. The van der Waals surface area contributed by atoms with Crippen LogP contribution in [-0.2, 0) is 32.6 Å². The van der Waals surface area contributed by atoms with Crippen LogP contribution in [0.15, 0.2) is 108 Å². The predicted molar refractivity (Wildman–Crippen MR) is 176 cm³/mol. The number of carbonyl (C=O) groups excluding carboxylic acids is 2. The summed E-state index contributed by atoms with van der Waals surface area (Å²) in [6.07, 6.45) is 0.858. The Bertz CT molecular complexity index is 1680. The molecule has 4 rings (SSSR count). The topological polar surface area (TPSA) is 86.8 Å². The maximum Gasteiger partial charge on any atom is 0.264 e. The van der Waals surface area contributed by atoms with E-state index in [1.54, 1.807) is 36.4 Å². The highest BCUT2D eigenvalue weighted by Gasteiger charge is 2.35. The van der Waals surface area contributed by atoms with Gasteiger partial charge in [-0.3, -0.25) is 13.9 Å². The number of carbonyl (C=O) groups is 2. The summed E-state index contributed by atoms with van der Waals surface area (Å²) in [5.41, 5.74) is 2.52. The molecule has 45 heavy (non-hydrogen) atoms. The molecule has 4 aromatic rings. The second-order valence-corrected chi connectivity index (χ2v) is 13.3. The molecule has 2 amide bonds. The lowest BCUT2D eigenvalue weighted by Gasteiger charge is -2.34. The van der Waals surface area contributed by atoms with Crippen molar-refractivity contribution >= 4 is 39.1 Å². The molecule has 4 aromatic carbocycles. The van der Waals surface area contributed by atoms with E-state index in [4.69, 9.17) is 11.6 Å². The quantitative estimate of drug-likeness (QED) is 0.178. The Morgan fingerprint density at radius 2 is 1.49 bits per heavy atom. The van der Waals surface area contributed by atoms with Gasteiger partial charge in [0.2, 0.25) is 11.8 Å². The Hall–Kier alpha value is -4.21. The lowest BCUT2D eigenvalue weighted by molar-refractivity contribution is -0.140. The van der Waals surface area contributed by atoms with E-state index in [2.05, 4.69) is 5.32 Å². The summed E-state index contributed by atoms with van der Waals surface area (Å²) < 4.78 is 43.0. The first-order valence-corrected chi connectivity index (χ1v) is 16.5. The number of nitrogens with one attached hydrogen (secondary N) is 1. The van der Waals surface area contributed by atoms with Gasteiger partial charge in [0.1, 0.15) is 18.4 Å². The third kappa shape index (κ3) is 8.93. The molecule has 0 heterocycles. The molecule has 0 aliphatic rings. The summed E-state index contributed by atoms with van der Waals surface area (Å²) in [5.74, 6) is -1.42. The van der Waals surface area contributed by atoms with E-state index >= 15 is 0 Å². The number of benzene rings is 4. The van der Waals surface area contributed by atoms with Gasteiger partial charge in [-0.25, -0.2) is 12.8 Å². The molecule has 0 saturated heterocycles. The fourth-order valence-corrected chi connectivity index (χ4v) is 6.30. The van der Waals surface area contributed by atoms with Crippen molar-refractivity contribution < 1.29 is 22.4 Å². The van der Waals surface area contributed by atoms with Gasteiger partial charge < -0.3 is 10.2 Å². The van der Waals surface area contributed by atoms with Crippen molar-refractivity contribution in [1.82, 2.24) is 10.2 Å². The Labute approximate surface area is 269 Å². The zero-order valence-electron chi connectivity index (χ0n) is 25.5. The minimum absolute atomic E-state index is 0.0104.